The number of hydrogen-bond acceptors (Lipinski definition) is 2. The van der Waals surface area contributed by atoms with Crippen molar-refractivity contribution in [2.75, 3.05) is 0 Å². The molecule has 1 aromatic carbocycles. The highest BCUT2D eigenvalue weighted by molar-refractivity contribution is 5.76. The molecule has 1 atom stereocenters. The molecule has 0 radical (unpaired) electrons. The fraction of sp³-hybridized carbons (Fsp3) is 0.300. The highest BCUT2D eigenvalue weighted by atomic mass is 16.3. The lowest BCUT2D eigenvalue weighted by molar-refractivity contribution is 0.162. The van der Waals surface area contributed by atoms with E-state index >= 15 is 0 Å². The van der Waals surface area contributed by atoms with E-state index in [1.807, 2.05) is 31.2 Å². The van der Waals surface area contributed by atoms with Crippen LogP contribution < -0.4 is 5.32 Å². The van der Waals surface area contributed by atoms with E-state index < -0.39 is 6.23 Å². The second kappa shape index (κ2) is 4.05. The number of aliphatic hydroxyl groups excluding tert-OH is 1. The van der Waals surface area contributed by atoms with E-state index in [0.29, 0.717) is 0 Å². The predicted molar refractivity (Wildman–Crippen MR) is 52.7 cm³/mol. The third-order valence-electron chi connectivity index (χ3n) is 1.71. The fourth-order valence-corrected chi connectivity index (χ4v) is 1.13. The lowest BCUT2D eigenvalue weighted by atomic mass is 10.1. The number of amidine groups is 1. The summed E-state index contributed by atoms with van der Waals surface area (Å²) in [5.41, 5.74) is 1.88. The summed E-state index contributed by atoms with van der Waals surface area (Å²) in [6.07, 6.45) is -0.780. The first-order valence-electron chi connectivity index (χ1n) is 4.16. The van der Waals surface area contributed by atoms with Crippen molar-refractivity contribution in [3.8, 4) is 0 Å². The van der Waals surface area contributed by atoms with Crippen molar-refractivity contribution in [1.29, 1.82) is 5.41 Å². The maximum atomic E-state index is 9.56. The van der Waals surface area contributed by atoms with Gasteiger partial charge in [-0.05, 0) is 13.8 Å². The predicted octanol–water partition coefficient (Wildman–Crippen LogP) is 1.57. The smallest absolute Gasteiger partial charge is 0.151 e. The van der Waals surface area contributed by atoms with Crippen LogP contribution >= 0.6 is 0 Å². The largest absolute Gasteiger partial charge is 0.369 e. The number of nitrogens with one attached hydrogen (secondary N) is 2. The molecule has 1 unspecified atom stereocenters. The summed E-state index contributed by atoms with van der Waals surface area (Å²) in [7, 11) is 0. The monoisotopic (exact) mass is 178 g/mol. The van der Waals surface area contributed by atoms with Gasteiger partial charge in [0.2, 0.25) is 0 Å². The Labute approximate surface area is 77.9 Å². The average Bonchev–Trinajstić information content (AvgIpc) is 2.03. The second-order valence-electron chi connectivity index (χ2n) is 3.09. The van der Waals surface area contributed by atoms with Gasteiger partial charge in [-0.2, -0.15) is 0 Å². The summed E-state index contributed by atoms with van der Waals surface area (Å²) in [5, 5.41) is 19.3. The quantitative estimate of drug-likeness (QED) is 0.366. The zero-order chi connectivity index (χ0) is 9.84. The molecule has 3 N–H and O–H groups in total. The minimum absolute atomic E-state index is 0.258. The van der Waals surface area contributed by atoms with E-state index in [2.05, 4.69) is 5.32 Å². The molecular formula is C10H14N2O. The Bertz CT molecular complexity index is 310. The molecule has 0 aromatic heterocycles. The molecule has 3 nitrogen and oxygen atoms in total. The SMILES string of the molecule is CC(=N)NC(O)c1cccc(C)c1. The standard InChI is InChI=1S/C10H14N2O/c1-7-4-3-5-9(6-7)10(13)12-8(2)11/h3-6,10,13H,1-2H3,(H2,11,12). The van der Waals surface area contributed by atoms with Crippen molar-refractivity contribution in [2.24, 2.45) is 0 Å². The number of aryl methyl sites for hydroxylation is 1. The molecule has 0 saturated heterocycles. The van der Waals surface area contributed by atoms with Gasteiger partial charge in [-0.15, -0.1) is 0 Å². The Morgan fingerprint density at radius 3 is 2.77 bits per heavy atom. The van der Waals surface area contributed by atoms with Crippen molar-refractivity contribution < 1.29 is 5.11 Å². The molecule has 70 valence electrons. The Morgan fingerprint density at radius 2 is 2.23 bits per heavy atom. The van der Waals surface area contributed by atoms with Crippen molar-refractivity contribution in [1.82, 2.24) is 5.32 Å². The van der Waals surface area contributed by atoms with Gasteiger partial charge >= 0.3 is 0 Å². The first kappa shape index (κ1) is 9.74. The van der Waals surface area contributed by atoms with Gasteiger partial charge in [-0.25, -0.2) is 0 Å². The zero-order valence-electron chi connectivity index (χ0n) is 7.83. The number of hydrogen-bond donors (Lipinski definition) is 3. The Hall–Kier alpha value is -1.35. The first-order valence-corrected chi connectivity index (χ1v) is 4.16. The minimum atomic E-state index is -0.780. The topological polar surface area (TPSA) is 56.1 Å². The summed E-state index contributed by atoms with van der Waals surface area (Å²) in [6, 6.07) is 7.57. The van der Waals surface area contributed by atoms with Crippen LogP contribution in [0.4, 0.5) is 0 Å². The molecule has 1 aromatic rings. The van der Waals surface area contributed by atoms with E-state index in [1.54, 1.807) is 6.92 Å². The molecular weight excluding hydrogens is 164 g/mol. The average molecular weight is 178 g/mol. The minimum Gasteiger partial charge on any atom is -0.369 e. The van der Waals surface area contributed by atoms with E-state index in [4.69, 9.17) is 5.41 Å². The van der Waals surface area contributed by atoms with Gasteiger partial charge in [0.15, 0.2) is 6.23 Å². The maximum absolute atomic E-state index is 9.56. The molecule has 0 fully saturated rings. The lowest BCUT2D eigenvalue weighted by Gasteiger charge is -2.13. The van der Waals surface area contributed by atoms with E-state index in [1.165, 1.54) is 0 Å². The molecule has 0 saturated carbocycles. The summed E-state index contributed by atoms with van der Waals surface area (Å²) >= 11 is 0. The van der Waals surface area contributed by atoms with Crippen LogP contribution in [-0.2, 0) is 0 Å². The molecule has 0 amide bonds. The van der Waals surface area contributed by atoms with Crippen LogP contribution in [0.3, 0.4) is 0 Å². The molecule has 0 aliphatic heterocycles. The van der Waals surface area contributed by atoms with Crippen LogP contribution in [-0.4, -0.2) is 10.9 Å². The third-order valence-corrected chi connectivity index (χ3v) is 1.71. The summed E-state index contributed by atoms with van der Waals surface area (Å²) in [5.74, 6) is 0.258. The van der Waals surface area contributed by atoms with Gasteiger partial charge in [0.25, 0.3) is 0 Å². The van der Waals surface area contributed by atoms with Crippen LogP contribution in [0, 0.1) is 12.3 Å². The van der Waals surface area contributed by atoms with Crippen molar-refractivity contribution in [3.63, 3.8) is 0 Å². The second-order valence-corrected chi connectivity index (χ2v) is 3.09. The highest BCUT2D eigenvalue weighted by Crippen LogP contribution is 2.11. The summed E-state index contributed by atoms with van der Waals surface area (Å²) in [4.78, 5) is 0. The van der Waals surface area contributed by atoms with Crippen LogP contribution in [0.15, 0.2) is 24.3 Å². The lowest BCUT2D eigenvalue weighted by Crippen LogP contribution is -2.24. The molecule has 0 bridgehead atoms. The van der Waals surface area contributed by atoms with E-state index in [-0.39, 0.29) is 5.84 Å². The van der Waals surface area contributed by atoms with Gasteiger partial charge in [0.1, 0.15) is 0 Å². The van der Waals surface area contributed by atoms with Crippen molar-refractivity contribution in [2.45, 2.75) is 20.1 Å². The molecule has 3 heteroatoms. The Kier molecular flexibility index (Phi) is 3.03. The van der Waals surface area contributed by atoms with Gasteiger partial charge in [0, 0.05) is 5.56 Å². The third kappa shape index (κ3) is 2.87. The van der Waals surface area contributed by atoms with Crippen LogP contribution in [0.2, 0.25) is 0 Å². The molecule has 0 aliphatic carbocycles. The normalized spacial score (nSPS) is 12.2. The Morgan fingerprint density at radius 1 is 1.54 bits per heavy atom. The highest BCUT2D eigenvalue weighted by Gasteiger charge is 2.05. The van der Waals surface area contributed by atoms with E-state index in [9.17, 15) is 5.11 Å². The van der Waals surface area contributed by atoms with Crippen molar-refractivity contribution >= 4 is 5.84 Å². The summed E-state index contributed by atoms with van der Waals surface area (Å²) < 4.78 is 0. The van der Waals surface area contributed by atoms with Crippen LogP contribution in [0.1, 0.15) is 24.3 Å². The molecule has 0 aliphatic rings. The number of benzene rings is 1. The molecule has 0 spiro atoms. The fourth-order valence-electron chi connectivity index (χ4n) is 1.13. The molecule has 13 heavy (non-hydrogen) atoms. The van der Waals surface area contributed by atoms with Gasteiger partial charge in [-0.3, -0.25) is 5.41 Å². The van der Waals surface area contributed by atoms with E-state index in [0.717, 1.165) is 11.1 Å². The van der Waals surface area contributed by atoms with Crippen molar-refractivity contribution in [3.05, 3.63) is 35.4 Å². The van der Waals surface area contributed by atoms with Gasteiger partial charge < -0.3 is 10.4 Å². The zero-order valence-corrected chi connectivity index (χ0v) is 7.83. The maximum Gasteiger partial charge on any atom is 0.151 e. The Balaban J connectivity index is 2.76. The molecule has 1 rings (SSSR count). The summed E-state index contributed by atoms with van der Waals surface area (Å²) in [6.45, 7) is 3.56. The van der Waals surface area contributed by atoms with Gasteiger partial charge in [0.05, 0.1) is 5.84 Å². The van der Waals surface area contributed by atoms with Gasteiger partial charge in [-0.1, -0.05) is 29.8 Å². The van der Waals surface area contributed by atoms with Crippen LogP contribution in [0.5, 0.6) is 0 Å². The number of aliphatic hydroxyl groups is 1. The van der Waals surface area contributed by atoms with Crippen LogP contribution in [0.25, 0.3) is 0 Å². The first-order chi connectivity index (χ1) is 6.09. The number of rotatable bonds is 2. The molecule has 0 heterocycles.